The molecular weight excluding hydrogens is 327 g/mol. The fourth-order valence-electron chi connectivity index (χ4n) is 1.19. The lowest BCUT2D eigenvalue weighted by Gasteiger charge is -2.36. The van der Waals surface area contributed by atoms with Crippen molar-refractivity contribution in [3.05, 3.63) is 12.7 Å². The first kappa shape index (κ1) is 16.6. The molecule has 0 unspecified atom stereocenters. The highest BCUT2D eigenvalue weighted by atomic mass is 127. The van der Waals surface area contributed by atoms with Gasteiger partial charge in [0.2, 0.25) is 0 Å². The summed E-state index contributed by atoms with van der Waals surface area (Å²) in [6.07, 6.45) is 4.31. The molecule has 0 amide bonds. The van der Waals surface area contributed by atoms with Crippen LogP contribution >= 0.6 is 22.6 Å². The molecule has 0 saturated heterocycles. The molecule has 1 atom stereocenters. The molecule has 0 aromatic heterocycles. The highest BCUT2D eigenvalue weighted by Gasteiger charge is 2.36. The molecule has 96 valence electrons. The predicted molar refractivity (Wildman–Crippen MR) is 85.0 cm³/mol. The van der Waals surface area contributed by atoms with Gasteiger partial charge in [0.1, 0.15) is 0 Å². The van der Waals surface area contributed by atoms with Crippen LogP contribution in [0.3, 0.4) is 0 Å². The van der Waals surface area contributed by atoms with E-state index in [0.29, 0.717) is 5.04 Å². The van der Waals surface area contributed by atoms with Gasteiger partial charge in [-0.2, -0.15) is 0 Å². The molecule has 0 heterocycles. The van der Waals surface area contributed by atoms with Gasteiger partial charge >= 0.3 is 0 Å². The monoisotopic (exact) mass is 354 g/mol. The lowest BCUT2D eigenvalue weighted by atomic mass is 10.1. The molecule has 0 N–H and O–H groups in total. The SMILES string of the molecule is C=CC[C@H](CI)CCO[Si](C)(C)C(C)(C)C. The Morgan fingerprint density at radius 1 is 1.38 bits per heavy atom. The van der Waals surface area contributed by atoms with Crippen LogP contribution in [-0.2, 0) is 4.43 Å². The standard InChI is InChI=1S/C13H27IOSi/c1-7-8-12(11-14)9-10-15-16(5,6)13(2,3)4/h7,12H,1,8-11H2,2-6H3/t12-/m0/s1. The maximum absolute atomic E-state index is 6.17. The van der Waals surface area contributed by atoms with Crippen LogP contribution in [0.1, 0.15) is 33.6 Å². The molecule has 0 aromatic rings. The first-order valence-electron chi connectivity index (χ1n) is 6.05. The number of halogens is 1. The Hall–Kier alpha value is 0.647. The summed E-state index contributed by atoms with van der Waals surface area (Å²) >= 11 is 2.46. The van der Waals surface area contributed by atoms with Gasteiger partial charge in [-0.1, -0.05) is 49.4 Å². The largest absolute Gasteiger partial charge is 0.417 e. The van der Waals surface area contributed by atoms with Gasteiger partial charge in [0.15, 0.2) is 8.32 Å². The normalized spacial score (nSPS) is 14.9. The van der Waals surface area contributed by atoms with Gasteiger partial charge in [-0.3, -0.25) is 0 Å². The van der Waals surface area contributed by atoms with Gasteiger partial charge in [-0.15, -0.1) is 6.58 Å². The summed E-state index contributed by atoms with van der Waals surface area (Å²) < 4.78 is 7.37. The Morgan fingerprint density at radius 2 is 1.94 bits per heavy atom. The second kappa shape index (κ2) is 7.16. The Labute approximate surface area is 116 Å². The third-order valence-electron chi connectivity index (χ3n) is 3.51. The van der Waals surface area contributed by atoms with Crippen molar-refractivity contribution in [2.45, 2.75) is 51.7 Å². The van der Waals surface area contributed by atoms with Crippen molar-refractivity contribution in [1.29, 1.82) is 0 Å². The quantitative estimate of drug-likeness (QED) is 0.270. The molecule has 0 rings (SSSR count). The first-order valence-corrected chi connectivity index (χ1v) is 10.5. The van der Waals surface area contributed by atoms with Crippen LogP contribution in [0.15, 0.2) is 12.7 Å². The molecule has 0 radical (unpaired) electrons. The summed E-state index contributed by atoms with van der Waals surface area (Å²) in [6, 6.07) is 0. The highest BCUT2D eigenvalue weighted by molar-refractivity contribution is 14.1. The van der Waals surface area contributed by atoms with E-state index in [-0.39, 0.29) is 0 Å². The Bertz CT molecular complexity index is 208. The van der Waals surface area contributed by atoms with Gasteiger partial charge in [-0.05, 0) is 36.9 Å². The highest BCUT2D eigenvalue weighted by Crippen LogP contribution is 2.36. The second-order valence-electron chi connectivity index (χ2n) is 5.94. The summed E-state index contributed by atoms with van der Waals surface area (Å²) in [4.78, 5) is 0. The number of hydrogen-bond acceptors (Lipinski definition) is 1. The summed E-state index contributed by atoms with van der Waals surface area (Å²) in [6.45, 7) is 16.2. The van der Waals surface area contributed by atoms with E-state index < -0.39 is 8.32 Å². The smallest absolute Gasteiger partial charge is 0.191 e. The maximum Gasteiger partial charge on any atom is 0.191 e. The second-order valence-corrected chi connectivity index (χ2v) is 11.6. The molecule has 0 aromatic carbocycles. The van der Waals surface area contributed by atoms with E-state index >= 15 is 0 Å². The van der Waals surface area contributed by atoms with Crippen LogP contribution in [-0.4, -0.2) is 19.4 Å². The van der Waals surface area contributed by atoms with Crippen molar-refractivity contribution in [2.75, 3.05) is 11.0 Å². The fraction of sp³-hybridized carbons (Fsp3) is 0.846. The van der Waals surface area contributed by atoms with Crippen LogP contribution in [0, 0.1) is 5.92 Å². The molecule has 0 aliphatic rings. The van der Waals surface area contributed by atoms with E-state index in [1.807, 2.05) is 6.08 Å². The van der Waals surface area contributed by atoms with Gasteiger partial charge < -0.3 is 4.43 Å². The van der Waals surface area contributed by atoms with Crippen molar-refractivity contribution in [3.8, 4) is 0 Å². The summed E-state index contributed by atoms with van der Waals surface area (Å²) in [5, 5.41) is 0.325. The minimum absolute atomic E-state index is 0.325. The van der Waals surface area contributed by atoms with Crippen LogP contribution in [0.4, 0.5) is 0 Å². The van der Waals surface area contributed by atoms with Gasteiger partial charge in [0.05, 0.1) is 0 Å². The van der Waals surface area contributed by atoms with E-state index in [1.54, 1.807) is 0 Å². The molecule has 0 fully saturated rings. The maximum atomic E-state index is 6.17. The molecule has 16 heavy (non-hydrogen) atoms. The van der Waals surface area contributed by atoms with Crippen LogP contribution < -0.4 is 0 Å². The van der Waals surface area contributed by atoms with Gasteiger partial charge in [-0.25, -0.2) is 0 Å². The fourth-order valence-corrected chi connectivity index (χ4v) is 3.05. The zero-order valence-electron chi connectivity index (χ0n) is 11.5. The van der Waals surface area contributed by atoms with E-state index in [2.05, 4.69) is 63.0 Å². The van der Waals surface area contributed by atoms with E-state index in [4.69, 9.17) is 4.43 Å². The third kappa shape index (κ3) is 5.82. The number of alkyl halides is 1. The minimum Gasteiger partial charge on any atom is -0.417 e. The van der Waals surface area contributed by atoms with Crippen LogP contribution in [0.25, 0.3) is 0 Å². The molecular formula is C13H27IOSi. The summed E-state index contributed by atoms with van der Waals surface area (Å²) in [5.74, 6) is 0.739. The molecule has 0 saturated carbocycles. The van der Waals surface area contributed by atoms with Crippen molar-refractivity contribution in [2.24, 2.45) is 5.92 Å². The van der Waals surface area contributed by atoms with E-state index in [0.717, 1.165) is 18.9 Å². The zero-order valence-corrected chi connectivity index (χ0v) is 14.6. The van der Waals surface area contributed by atoms with Crippen molar-refractivity contribution >= 4 is 30.9 Å². The topological polar surface area (TPSA) is 9.23 Å². The molecule has 0 bridgehead atoms. The Kier molecular flexibility index (Phi) is 7.45. The predicted octanol–water partition coefficient (Wildman–Crippen LogP) is 5.03. The van der Waals surface area contributed by atoms with E-state index in [1.165, 1.54) is 10.8 Å². The van der Waals surface area contributed by atoms with Crippen molar-refractivity contribution in [3.63, 3.8) is 0 Å². The van der Waals surface area contributed by atoms with Crippen molar-refractivity contribution in [1.82, 2.24) is 0 Å². The van der Waals surface area contributed by atoms with Crippen LogP contribution in [0.2, 0.25) is 18.1 Å². The lowest BCUT2D eigenvalue weighted by Crippen LogP contribution is -2.41. The average molecular weight is 354 g/mol. The third-order valence-corrected chi connectivity index (χ3v) is 9.30. The number of rotatable bonds is 7. The molecule has 0 aliphatic heterocycles. The number of hydrogen-bond donors (Lipinski definition) is 0. The molecule has 3 heteroatoms. The lowest BCUT2D eigenvalue weighted by molar-refractivity contribution is 0.262. The van der Waals surface area contributed by atoms with Gasteiger partial charge in [0.25, 0.3) is 0 Å². The Morgan fingerprint density at radius 3 is 2.31 bits per heavy atom. The van der Waals surface area contributed by atoms with Gasteiger partial charge in [0, 0.05) is 11.0 Å². The summed E-state index contributed by atoms with van der Waals surface area (Å²) in [7, 11) is -1.54. The number of allylic oxidation sites excluding steroid dienone is 1. The first-order chi connectivity index (χ1) is 7.24. The zero-order chi connectivity index (χ0) is 12.8. The average Bonchev–Trinajstić information content (AvgIpc) is 2.14. The summed E-state index contributed by atoms with van der Waals surface area (Å²) in [5.41, 5.74) is 0. The van der Waals surface area contributed by atoms with E-state index in [9.17, 15) is 0 Å². The molecule has 1 nitrogen and oxygen atoms in total. The molecule has 0 aliphatic carbocycles. The molecule has 0 spiro atoms. The Balaban J connectivity index is 4.01. The van der Waals surface area contributed by atoms with Crippen molar-refractivity contribution < 1.29 is 4.43 Å². The van der Waals surface area contributed by atoms with Crippen LogP contribution in [0.5, 0.6) is 0 Å². The minimum atomic E-state index is -1.54.